The Bertz CT molecular complexity index is 771. The highest BCUT2D eigenvalue weighted by Crippen LogP contribution is 2.16. The molecule has 0 bridgehead atoms. The van der Waals surface area contributed by atoms with E-state index in [0.29, 0.717) is 6.61 Å². The maximum absolute atomic E-state index is 5.69. The summed E-state index contributed by atoms with van der Waals surface area (Å²) in [6.45, 7) is 2.55. The normalized spacial score (nSPS) is 12.2. The van der Waals surface area contributed by atoms with Crippen LogP contribution >= 0.6 is 0 Å². The van der Waals surface area contributed by atoms with E-state index in [9.17, 15) is 0 Å². The van der Waals surface area contributed by atoms with Gasteiger partial charge in [-0.1, -0.05) is 36.4 Å². The highest BCUT2D eigenvalue weighted by Gasteiger charge is 2.01. The van der Waals surface area contributed by atoms with Crippen LogP contribution in [-0.4, -0.2) is 16.2 Å². The molecule has 0 N–H and O–H groups in total. The number of aliphatic imine (C=N–C) groups is 1. The first-order chi connectivity index (χ1) is 11.8. The van der Waals surface area contributed by atoms with Crippen LogP contribution < -0.4 is 4.74 Å². The Balaban J connectivity index is 1.57. The largest absolute Gasteiger partial charge is 0.487 e. The Morgan fingerprint density at radius 1 is 1.04 bits per heavy atom. The van der Waals surface area contributed by atoms with Crippen LogP contribution in [0.1, 0.15) is 29.8 Å². The van der Waals surface area contributed by atoms with Gasteiger partial charge in [0.1, 0.15) is 12.4 Å². The third-order valence-electron chi connectivity index (χ3n) is 3.60. The summed E-state index contributed by atoms with van der Waals surface area (Å²) in [5.41, 5.74) is 3.02. The Morgan fingerprint density at radius 3 is 2.62 bits per heavy atom. The van der Waals surface area contributed by atoms with Gasteiger partial charge in [-0.2, -0.15) is 0 Å². The van der Waals surface area contributed by atoms with Crippen LogP contribution in [0.15, 0.2) is 78.2 Å². The minimum absolute atomic E-state index is 0.106. The summed E-state index contributed by atoms with van der Waals surface area (Å²) in [5.74, 6) is 0.729. The highest BCUT2D eigenvalue weighted by molar-refractivity contribution is 5.77. The molecule has 0 saturated heterocycles. The number of hydrogen-bond donors (Lipinski definition) is 0. The second-order valence-corrected chi connectivity index (χ2v) is 5.43. The van der Waals surface area contributed by atoms with Crippen molar-refractivity contribution in [3.05, 3.63) is 90.0 Å². The molecule has 3 aromatic rings. The third-order valence-corrected chi connectivity index (χ3v) is 3.60. The molecule has 0 amide bonds. The van der Waals surface area contributed by atoms with Gasteiger partial charge in [-0.05, 0) is 30.7 Å². The van der Waals surface area contributed by atoms with Crippen LogP contribution in [-0.2, 0) is 6.61 Å². The fraction of sp³-hybridized carbons (Fsp3) is 0.150. The van der Waals surface area contributed by atoms with Gasteiger partial charge in [-0.25, -0.2) is 0 Å². The zero-order valence-corrected chi connectivity index (χ0v) is 13.5. The van der Waals surface area contributed by atoms with E-state index in [1.165, 1.54) is 5.56 Å². The van der Waals surface area contributed by atoms with Gasteiger partial charge in [0, 0.05) is 24.2 Å². The summed E-state index contributed by atoms with van der Waals surface area (Å²) in [5, 5.41) is 0. The molecule has 0 radical (unpaired) electrons. The molecule has 0 aliphatic carbocycles. The van der Waals surface area contributed by atoms with Gasteiger partial charge in [-0.15, -0.1) is 0 Å². The van der Waals surface area contributed by atoms with Crippen molar-refractivity contribution in [1.29, 1.82) is 0 Å². The van der Waals surface area contributed by atoms with E-state index in [1.54, 1.807) is 24.8 Å². The number of benzene rings is 1. The second kappa shape index (κ2) is 8.02. The van der Waals surface area contributed by atoms with Crippen LogP contribution in [0.4, 0.5) is 0 Å². The number of hydrogen-bond acceptors (Lipinski definition) is 4. The van der Waals surface area contributed by atoms with Crippen LogP contribution in [0, 0.1) is 0 Å². The minimum atomic E-state index is 0.106. The molecule has 1 aromatic carbocycles. The average molecular weight is 317 g/mol. The van der Waals surface area contributed by atoms with Crippen LogP contribution in [0.2, 0.25) is 0 Å². The first-order valence-corrected chi connectivity index (χ1v) is 7.87. The molecule has 4 nitrogen and oxygen atoms in total. The van der Waals surface area contributed by atoms with E-state index in [0.717, 1.165) is 17.0 Å². The highest BCUT2D eigenvalue weighted by atomic mass is 16.5. The predicted molar refractivity (Wildman–Crippen MR) is 95.3 cm³/mol. The summed E-state index contributed by atoms with van der Waals surface area (Å²) in [7, 11) is 0. The number of ether oxygens (including phenoxy) is 1. The molecule has 0 spiro atoms. The topological polar surface area (TPSA) is 47.4 Å². The van der Waals surface area contributed by atoms with Crippen molar-refractivity contribution in [2.24, 2.45) is 4.99 Å². The van der Waals surface area contributed by atoms with E-state index < -0.39 is 0 Å². The number of nitrogens with zero attached hydrogens (tertiary/aromatic N) is 3. The van der Waals surface area contributed by atoms with Crippen molar-refractivity contribution in [3.63, 3.8) is 0 Å². The summed E-state index contributed by atoms with van der Waals surface area (Å²) in [6.07, 6.45) is 7.04. The van der Waals surface area contributed by atoms with Gasteiger partial charge < -0.3 is 4.74 Å². The zero-order valence-electron chi connectivity index (χ0n) is 13.5. The molecule has 0 unspecified atom stereocenters. The number of pyridine rings is 2. The third kappa shape index (κ3) is 4.49. The molecule has 2 aromatic heterocycles. The first kappa shape index (κ1) is 15.9. The fourth-order valence-electron chi connectivity index (χ4n) is 2.21. The molecule has 120 valence electrons. The SMILES string of the molecule is C[C@@H](N=Cc1ccc(OCc2cccnc2)cn1)c1ccccc1. The summed E-state index contributed by atoms with van der Waals surface area (Å²) in [6, 6.07) is 18.0. The minimum Gasteiger partial charge on any atom is -0.487 e. The Kier molecular flexibility index (Phi) is 5.30. The van der Waals surface area contributed by atoms with Crippen molar-refractivity contribution in [2.45, 2.75) is 19.6 Å². The Morgan fingerprint density at radius 2 is 1.92 bits per heavy atom. The van der Waals surface area contributed by atoms with Crippen molar-refractivity contribution < 1.29 is 4.74 Å². The first-order valence-electron chi connectivity index (χ1n) is 7.87. The van der Waals surface area contributed by atoms with Crippen LogP contribution in [0.3, 0.4) is 0 Å². The lowest BCUT2D eigenvalue weighted by molar-refractivity contribution is 0.304. The molecule has 24 heavy (non-hydrogen) atoms. The average Bonchev–Trinajstić information content (AvgIpc) is 2.67. The molecule has 1 atom stereocenters. The lowest BCUT2D eigenvalue weighted by atomic mass is 10.1. The van der Waals surface area contributed by atoms with E-state index in [1.807, 2.05) is 42.5 Å². The van der Waals surface area contributed by atoms with Gasteiger partial charge in [0.25, 0.3) is 0 Å². The molecule has 0 aliphatic rings. The molecule has 4 heteroatoms. The summed E-state index contributed by atoms with van der Waals surface area (Å²) >= 11 is 0. The Hall–Kier alpha value is -3.01. The van der Waals surface area contributed by atoms with Crippen molar-refractivity contribution in [2.75, 3.05) is 0 Å². The Labute approximate surface area is 141 Å². The summed E-state index contributed by atoms with van der Waals surface area (Å²) in [4.78, 5) is 13.0. The maximum Gasteiger partial charge on any atom is 0.138 e. The number of rotatable bonds is 6. The van der Waals surface area contributed by atoms with E-state index >= 15 is 0 Å². The predicted octanol–water partition coefficient (Wildman–Crippen LogP) is 4.24. The van der Waals surface area contributed by atoms with E-state index in [4.69, 9.17) is 4.74 Å². The van der Waals surface area contributed by atoms with E-state index in [2.05, 4.69) is 34.0 Å². The maximum atomic E-state index is 5.69. The smallest absolute Gasteiger partial charge is 0.138 e. The molecule has 2 heterocycles. The quantitative estimate of drug-likeness (QED) is 0.639. The molecule has 0 saturated carbocycles. The molecular weight excluding hydrogens is 298 g/mol. The van der Waals surface area contributed by atoms with Gasteiger partial charge in [0.15, 0.2) is 0 Å². The zero-order chi connectivity index (χ0) is 16.6. The van der Waals surface area contributed by atoms with Crippen molar-refractivity contribution >= 4 is 6.21 Å². The summed E-state index contributed by atoms with van der Waals surface area (Å²) < 4.78 is 5.69. The standard InChI is InChI=1S/C20H19N3O/c1-16(18-7-3-2-4-8-18)22-13-19-9-10-20(14-23-19)24-15-17-6-5-11-21-12-17/h2-14,16H,15H2,1H3/t16-/m1/s1. The molecule has 0 fully saturated rings. The van der Waals surface area contributed by atoms with Gasteiger partial charge in [0.2, 0.25) is 0 Å². The molecular formula is C20H19N3O. The monoisotopic (exact) mass is 317 g/mol. The van der Waals surface area contributed by atoms with Gasteiger partial charge >= 0.3 is 0 Å². The molecule has 0 aliphatic heterocycles. The lowest BCUT2D eigenvalue weighted by Crippen LogP contribution is -1.97. The second-order valence-electron chi connectivity index (χ2n) is 5.43. The van der Waals surface area contributed by atoms with Gasteiger partial charge in [0.05, 0.1) is 17.9 Å². The lowest BCUT2D eigenvalue weighted by Gasteiger charge is -2.07. The van der Waals surface area contributed by atoms with Crippen LogP contribution in [0.5, 0.6) is 5.75 Å². The van der Waals surface area contributed by atoms with Gasteiger partial charge in [-0.3, -0.25) is 15.0 Å². The molecule has 3 rings (SSSR count). The number of aromatic nitrogens is 2. The van der Waals surface area contributed by atoms with E-state index in [-0.39, 0.29) is 6.04 Å². The van der Waals surface area contributed by atoms with Crippen molar-refractivity contribution in [3.8, 4) is 5.75 Å². The van der Waals surface area contributed by atoms with Crippen molar-refractivity contribution in [1.82, 2.24) is 9.97 Å². The van der Waals surface area contributed by atoms with Crippen LogP contribution in [0.25, 0.3) is 0 Å². The fourth-order valence-corrected chi connectivity index (χ4v) is 2.21.